The van der Waals surface area contributed by atoms with Crippen LogP contribution in [0.5, 0.6) is 5.75 Å². The van der Waals surface area contributed by atoms with Crippen LogP contribution in [0.3, 0.4) is 0 Å². The summed E-state index contributed by atoms with van der Waals surface area (Å²) in [6, 6.07) is 4.29. The van der Waals surface area contributed by atoms with E-state index in [1.54, 1.807) is 0 Å². The van der Waals surface area contributed by atoms with Crippen molar-refractivity contribution >= 4 is 5.57 Å². The minimum atomic E-state index is 0.736. The molecule has 78 valence electrons. The number of fused-ring (bicyclic) bond motifs is 1. The largest absolute Gasteiger partial charge is 0.457 e. The van der Waals surface area contributed by atoms with Crippen molar-refractivity contribution in [2.75, 3.05) is 0 Å². The third-order valence-electron chi connectivity index (χ3n) is 2.88. The van der Waals surface area contributed by atoms with Gasteiger partial charge in [0.15, 0.2) is 0 Å². The van der Waals surface area contributed by atoms with Crippen LogP contribution in [0, 0.1) is 6.92 Å². The van der Waals surface area contributed by atoms with E-state index >= 15 is 0 Å². The molecule has 0 fully saturated rings. The maximum absolute atomic E-state index is 5.73. The molecule has 1 nitrogen and oxygen atoms in total. The van der Waals surface area contributed by atoms with E-state index in [2.05, 4.69) is 39.5 Å². The van der Waals surface area contributed by atoms with E-state index in [1.807, 2.05) is 6.08 Å². The summed E-state index contributed by atoms with van der Waals surface area (Å²) in [5, 5.41) is 0. The van der Waals surface area contributed by atoms with Crippen LogP contribution in [-0.4, -0.2) is 0 Å². The van der Waals surface area contributed by atoms with Gasteiger partial charge >= 0.3 is 0 Å². The van der Waals surface area contributed by atoms with Crippen LogP contribution < -0.4 is 4.74 Å². The maximum atomic E-state index is 5.73. The second kappa shape index (κ2) is 3.58. The quantitative estimate of drug-likeness (QED) is 0.668. The zero-order valence-electron chi connectivity index (χ0n) is 9.55. The summed E-state index contributed by atoms with van der Waals surface area (Å²) < 4.78 is 5.73. The highest BCUT2D eigenvalue weighted by Gasteiger charge is 2.17. The summed E-state index contributed by atoms with van der Waals surface area (Å²) >= 11 is 0. The SMILES string of the molecule is C=C1C=C(C)c2ccc(C)c(CC)c2O1. The van der Waals surface area contributed by atoms with E-state index in [0.717, 1.165) is 17.9 Å². The maximum Gasteiger partial charge on any atom is 0.138 e. The normalized spacial score (nSPS) is 14.3. The number of benzene rings is 1. The molecule has 2 rings (SSSR count). The fraction of sp³-hybridized carbons (Fsp3) is 0.286. The van der Waals surface area contributed by atoms with Gasteiger partial charge in [0, 0.05) is 5.56 Å². The molecule has 0 aromatic heterocycles. The van der Waals surface area contributed by atoms with Crippen LogP contribution in [0.1, 0.15) is 30.5 Å². The van der Waals surface area contributed by atoms with Crippen molar-refractivity contribution in [3.05, 3.63) is 47.2 Å². The highest BCUT2D eigenvalue weighted by molar-refractivity contribution is 5.75. The van der Waals surface area contributed by atoms with Gasteiger partial charge in [-0.15, -0.1) is 0 Å². The van der Waals surface area contributed by atoms with Crippen molar-refractivity contribution in [3.8, 4) is 5.75 Å². The Bertz CT molecular complexity index is 453. The van der Waals surface area contributed by atoms with Gasteiger partial charge in [0.2, 0.25) is 0 Å². The van der Waals surface area contributed by atoms with Crippen molar-refractivity contribution in [2.45, 2.75) is 27.2 Å². The van der Waals surface area contributed by atoms with Gasteiger partial charge in [0.1, 0.15) is 11.5 Å². The molecular formula is C14H16O. The van der Waals surface area contributed by atoms with Crippen molar-refractivity contribution < 1.29 is 4.74 Å². The predicted molar refractivity (Wildman–Crippen MR) is 64.0 cm³/mol. The third-order valence-corrected chi connectivity index (χ3v) is 2.88. The Balaban J connectivity index is 2.67. The summed E-state index contributed by atoms with van der Waals surface area (Å²) in [5.74, 6) is 1.74. The van der Waals surface area contributed by atoms with Gasteiger partial charge < -0.3 is 4.74 Å². The molecule has 0 saturated carbocycles. The lowest BCUT2D eigenvalue weighted by Crippen LogP contribution is -2.05. The Morgan fingerprint density at radius 2 is 2.00 bits per heavy atom. The third kappa shape index (κ3) is 1.58. The molecule has 15 heavy (non-hydrogen) atoms. The molecule has 0 atom stereocenters. The molecule has 0 radical (unpaired) electrons. The molecule has 1 heteroatoms. The number of rotatable bonds is 1. The summed E-state index contributed by atoms with van der Waals surface area (Å²) in [6.07, 6.45) is 2.98. The number of aryl methyl sites for hydroxylation is 1. The summed E-state index contributed by atoms with van der Waals surface area (Å²) in [6.45, 7) is 10.2. The first-order valence-electron chi connectivity index (χ1n) is 5.31. The first kappa shape index (κ1) is 10.0. The molecule has 0 bridgehead atoms. The molecule has 0 saturated heterocycles. The van der Waals surface area contributed by atoms with E-state index in [4.69, 9.17) is 4.74 Å². The fourth-order valence-corrected chi connectivity index (χ4v) is 2.07. The van der Waals surface area contributed by atoms with Gasteiger partial charge in [-0.1, -0.05) is 25.6 Å². The first-order chi connectivity index (χ1) is 7.13. The van der Waals surface area contributed by atoms with Gasteiger partial charge in [0.25, 0.3) is 0 Å². The van der Waals surface area contributed by atoms with Gasteiger partial charge in [0.05, 0.1) is 0 Å². The topological polar surface area (TPSA) is 9.23 Å². The zero-order valence-corrected chi connectivity index (χ0v) is 9.55. The van der Waals surface area contributed by atoms with Crippen molar-refractivity contribution in [1.29, 1.82) is 0 Å². The highest BCUT2D eigenvalue weighted by atomic mass is 16.5. The summed E-state index contributed by atoms with van der Waals surface area (Å²) in [7, 11) is 0. The van der Waals surface area contributed by atoms with Gasteiger partial charge in [-0.05, 0) is 43.0 Å². The van der Waals surface area contributed by atoms with Gasteiger partial charge in [-0.25, -0.2) is 0 Å². The smallest absolute Gasteiger partial charge is 0.138 e. The molecule has 0 N–H and O–H groups in total. The Labute approximate surface area is 91.1 Å². The number of hydrogen-bond donors (Lipinski definition) is 0. The van der Waals surface area contributed by atoms with E-state index in [-0.39, 0.29) is 0 Å². The minimum absolute atomic E-state index is 0.736. The molecule has 1 aliphatic rings. The molecule has 1 aliphatic heterocycles. The predicted octanol–water partition coefficient (Wildman–Crippen LogP) is 3.87. The molecule has 0 aliphatic carbocycles. The van der Waals surface area contributed by atoms with Gasteiger partial charge in [-0.3, -0.25) is 0 Å². The molecule has 1 aromatic rings. The Morgan fingerprint density at radius 1 is 1.27 bits per heavy atom. The van der Waals surface area contributed by atoms with E-state index < -0.39 is 0 Å². The van der Waals surface area contributed by atoms with Crippen molar-refractivity contribution in [2.24, 2.45) is 0 Å². The molecule has 0 amide bonds. The van der Waals surface area contributed by atoms with Crippen molar-refractivity contribution in [1.82, 2.24) is 0 Å². The minimum Gasteiger partial charge on any atom is -0.457 e. The fourth-order valence-electron chi connectivity index (χ4n) is 2.07. The Morgan fingerprint density at radius 3 is 2.67 bits per heavy atom. The number of ether oxygens (including phenoxy) is 1. The van der Waals surface area contributed by atoms with E-state index in [9.17, 15) is 0 Å². The number of allylic oxidation sites excluding steroid dienone is 2. The lowest BCUT2D eigenvalue weighted by atomic mass is 9.95. The van der Waals surface area contributed by atoms with Crippen LogP contribution in [0.25, 0.3) is 5.57 Å². The Hall–Kier alpha value is -1.50. The summed E-state index contributed by atoms with van der Waals surface area (Å²) in [4.78, 5) is 0. The summed E-state index contributed by atoms with van der Waals surface area (Å²) in [5.41, 5.74) is 5.01. The van der Waals surface area contributed by atoms with Crippen LogP contribution in [0.4, 0.5) is 0 Å². The van der Waals surface area contributed by atoms with E-state index in [0.29, 0.717) is 0 Å². The number of hydrogen-bond acceptors (Lipinski definition) is 1. The van der Waals surface area contributed by atoms with E-state index in [1.165, 1.54) is 22.3 Å². The second-order valence-electron chi connectivity index (χ2n) is 3.99. The molecule has 0 unspecified atom stereocenters. The molecular weight excluding hydrogens is 184 g/mol. The zero-order chi connectivity index (χ0) is 11.0. The van der Waals surface area contributed by atoms with Crippen molar-refractivity contribution in [3.63, 3.8) is 0 Å². The van der Waals surface area contributed by atoms with Crippen LogP contribution in [0.2, 0.25) is 0 Å². The van der Waals surface area contributed by atoms with Crippen LogP contribution >= 0.6 is 0 Å². The Kier molecular flexibility index (Phi) is 2.39. The average Bonchev–Trinajstić information content (AvgIpc) is 2.17. The van der Waals surface area contributed by atoms with Gasteiger partial charge in [-0.2, -0.15) is 0 Å². The lowest BCUT2D eigenvalue weighted by Gasteiger charge is -2.21. The monoisotopic (exact) mass is 200 g/mol. The second-order valence-corrected chi connectivity index (χ2v) is 3.99. The highest BCUT2D eigenvalue weighted by Crippen LogP contribution is 2.37. The molecule has 1 heterocycles. The lowest BCUT2D eigenvalue weighted by molar-refractivity contribution is 0.435. The van der Waals surface area contributed by atoms with Crippen LogP contribution in [0.15, 0.2) is 30.5 Å². The molecule has 0 spiro atoms. The molecule has 1 aromatic carbocycles. The van der Waals surface area contributed by atoms with Crippen LogP contribution in [-0.2, 0) is 6.42 Å². The first-order valence-corrected chi connectivity index (χ1v) is 5.31. The standard InChI is InChI=1S/C14H16O/c1-5-12-9(2)6-7-13-10(3)8-11(4)15-14(12)13/h6-8H,4-5H2,1-3H3. The average molecular weight is 200 g/mol.